The maximum atomic E-state index is 13.1. The van der Waals surface area contributed by atoms with Crippen LogP contribution in [0.4, 0.5) is 4.39 Å². The van der Waals surface area contributed by atoms with Crippen molar-refractivity contribution in [1.82, 2.24) is 14.9 Å². The number of amides is 2. The van der Waals surface area contributed by atoms with Gasteiger partial charge in [0, 0.05) is 19.1 Å². The molecule has 3 unspecified atom stereocenters. The van der Waals surface area contributed by atoms with Gasteiger partial charge in [-0.05, 0) is 57.4 Å². The molecule has 1 aliphatic rings. The van der Waals surface area contributed by atoms with Crippen LogP contribution in [0.25, 0.3) is 0 Å². The first-order valence-corrected chi connectivity index (χ1v) is 11.0. The third kappa shape index (κ3) is 5.51. The number of nitrogens with one attached hydrogen (secondary N) is 2. The predicted octanol–water partition coefficient (Wildman–Crippen LogP) is 1.65. The molecule has 2 rings (SSSR count). The fourth-order valence-electron chi connectivity index (χ4n) is 3.00. The van der Waals surface area contributed by atoms with Crippen LogP contribution < -0.4 is 10.6 Å². The topological polar surface area (TPSA) is 95.6 Å². The highest BCUT2D eigenvalue weighted by Crippen LogP contribution is 2.24. The van der Waals surface area contributed by atoms with Crippen molar-refractivity contribution < 1.29 is 22.4 Å². The van der Waals surface area contributed by atoms with Crippen molar-refractivity contribution >= 4 is 21.8 Å². The van der Waals surface area contributed by atoms with E-state index in [4.69, 9.17) is 0 Å². The number of carbonyl (C=O) groups is 2. The average molecular weight is 414 g/mol. The van der Waals surface area contributed by atoms with E-state index in [2.05, 4.69) is 10.6 Å². The van der Waals surface area contributed by atoms with Crippen molar-refractivity contribution in [2.45, 2.75) is 57.0 Å². The fraction of sp³-hybridized carbons (Fsp3) is 0.579. The minimum atomic E-state index is -3.80. The lowest BCUT2D eigenvalue weighted by Gasteiger charge is -2.31. The van der Waals surface area contributed by atoms with Crippen molar-refractivity contribution in [2.24, 2.45) is 5.92 Å². The minimum Gasteiger partial charge on any atom is -0.352 e. The lowest BCUT2D eigenvalue weighted by Crippen LogP contribution is -2.51. The Bertz CT molecular complexity index is 798. The first kappa shape index (κ1) is 22.3. The van der Waals surface area contributed by atoms with E-state index >= 15 is 0 Å². The monoisotopic (exact) mass is 413 g/mol. The van der Waals surface area contributed by atoms with Crippen molar-refractivity contribution in [3.05, 3.63) is 30.1 Å². The Balaban J connectivity index is 2.01. The van der Waals surface area contributed by atoms with E-state index in [1.807, 2.05) is 13.8 Å². The first-order valence-electron chi connectivity index (χ1n) is 9.51. The zero-order chi connectivity index (χ0) is 20.9. The number of piperidine rings is 1. The van der Waals surface area contributed by atoms with Crippen LogP contribution in [0.5, 0.6) is 0 Å². The van der Waals surface area contributed by atoms with Crippen molar-refractivity contribution in [1.29, 1.82) is 0 Å². The molecule has 0 saturated carbocycles. The molecular weight excluding hydrogens is 385 g/mol. The number of benzene rings is 1. The second kappa shape index (κ2) is 9.47. The summed E-state index contributed by atoms with van der Waals surface area (Å²) in [6.45, 7) is 5.77. The van der Waals surface area contributed by atoms with Crippen LogP contribution in [0, 0.1) is 11.7 Å². The third-order valence-electron chi connectivity index (χ3n) is 4.96. The van der Waals surface area contributed by atoms with E-state index in [9.17, 15) is 22.4 Å². The number of hydrogen-bond donors (Lipinski definition) is 2. The van der Waals surface area contributed by atoms with Gasteiger partial charge in [-0.15, -0.1) is 0 Å². The third-order valence-corrected chi connectivity index (χ3v) is 6.84. The summed E-state index contributed by atoms with van der Waals surface area (Å²) in [5, 5.41) is 5.48. The van der Waals surface area contributed by atoms with Crippen LogP contribution >= 0.6 is 0 Å². The van der Waals surface area contributed by atoms with Crippen LogP contribution in [0.1, 0.15) is 40.0 Å². The molecule has 0 radical (unpaired) electrons. The quantitative estimate of drug-likeness (QED) is 0.710. The van der Waals surface area contributed by atoms with Crippen LogP contribution in [-0.2, 0) is 19.6 Å². The normalized spacial score (nSPS) is 20.2. The van der Waals surface area contributed by atoms with E-state index in [0.29, 0.717) is 19.4 Å². The maximum absolute atomic E-state index is 13.1. The summed E-state index contributed by atoms with van der Waals surface area (Å²) in [5.41, 5.74) is 0. The Morgan fingerprint density at radius 2 is 1.86 bits per heavy atom. The van der Waals surface area contributed by atoms with Crippen LogP contribution in [-0.4, -0.2) is 49.7 Å². The maximum Gasteiger partial charge on any atom is 0.243 e. The summed E-state index contributed by atoms with van der Waals surface area (Å²) in [5.74, 6) is -1.66. The molecule has 2 N–H and O–H groups in total. The summed E-state index contributed by atoms with van der Waals surface area (Å²) in [6.07, 6.45) is 1.86. The summed E-state index contributed by atoms with van der Waals surface area (Å²) in [6, 6.07) is 3.94. The highest BCUT2D eigenvalue weighted by Gasteiger charge is 2.34. The molecule has 1 saturated heterocycles. The molecule has 2 amide bonds. The summed E-state index contributed by atoms with van der Waals surface area (Å²) in [7, 11) is -3.80. The molecule has 9 heteroatoms. The summed E-state index contributed by atoms with van der Waals surface area (Å²) < 4.78 is 39.8. The van der Waals surface area contributed by atoms with Crippen LogP contribution in [0.2, 0.25) is 0 Å². The number of nitrogens with zero attached hydrogens (tertiary/aromatic N) is 1. The van der Waals surface area contributed by atoms with Crippen LogP contribution in [0.3, 0.4) is 0 Å². The molecular formula is C19H28FN3O4S. The Labute approximate surface area is 165 Å². The zero-order valence-electron chi connectivity index (χ0n) is 16.4. The second-order valence-corrected chi connectivity index (χ2v) is 9.14. The first-order chi connectivity index (χ1) is 13.1. The van der Waals surface area contributed by atoms with Gasteiger partial charge in [-0.25, -0.2) is 12.8 Å². The zero-order valence-corrected chi connectivity index (χ0v) is 17.3. The lowest BCUT2D eigenvalue weighted by molar-refractivity contribution is -0.131. The van der Waals surface area contributed by atoms with Gasteiger partial charge in [-0.1, -0.05) is 6.92 Å². The Hall–Kier alpha value is -2.00. The Morgan fingerprint density at radius 1 is 1.21 bits per heavy atom. The van der Waals surface area contributed by atoms with Gasteiger partial charge in [-0.2, -0.15) is 4.31 Å². The standard InChI is InChI=1S/C19H28FN3O4S/c1-4-13(2)21-18(24)14(3)22-19(25)15-6-5-11-23(12-15)28(26,27)17-9-7-16(20)8-10-17/h7-10,13-15H,4-6,11-12H2,1-3H3,(H,21,24)(H,22,25). The molecule has 1 heterocycles. The number of rotatable bonds is 7. The molecule has 0 bridgehead atoms. The molecule has 7 nitrogen and oxygen atoms in total. The average Bonchev–Trinajstić information content (AvgIpc) is 2.68. The smallest absolute Gasteiger partial charge is 0.243 e. The number of halogens is 1. The van der Waals surface area contributed by atoms with E-state index in [-0.39, 0.29) is 29.3 Å². The van der Waals surface area contributed by atoms with Crippen molar-refractivity contribution in [3.63, 3.8) is 0 Å². The van der Waals surface area contributed by atoms with Gasteiger partial charge < -0.3 is 10.6 Å². The lowest BCUT2D eigenvalue weighted by atomic mass is 9.98. The molecule has 0 aliphatic carbocycles. The van der Waals surface area contributed by atoms with Gasteiger partial charge in [0.1, 0.15) is 11.9 Å². The summed E-state index contributed by atoms with van der Waals surface area (Å²) in [4.78, 5) is 24.7. The summed E-state index contributed by atoms with van der Waals surface area (Å²) >= 11 is 0. The highest BCUT2D eigenvalue weighted by atomic mass is 32.2. The number of sulfonamides is 1. The van der Waals surface area contributed by atoms with E-state index < -0.39 is 27.8 Å². The second-order valence-electron chi connectivity index (χ2n) is 7.20. The van der Waals surface area contributed by atoms with Gasteiger partial charge in [0.05, 0.1) is 10.8 Å². The van der Waals surface area contributed by atoms with Gasteiger partial charge in [-0.3, -0.25) is 9.59 Å². The van der Waals surface area contributed by atoms with Gasteiger partial charge >= 0.3 is 0 Å². The molecule has 1 aromatic rings. The predicted molar refractivity (Wildman–Crippen MR) is 103 cm³/mol. The molecule has 0 aromatic heterocycles. The van der Waals surface area contributed by atoms with Crippen molar-refractivity contribution in [3.8, 4) is 0 Å². The largest absolute Gasteiger partial charge is 0.352 e. The minimum absolute atomic E-state index is 0.00347. The van der Waals surface area contributed by atoms with E-state index in [1.54, 1.807) is 6.92 Å². The van der Waals surface area contributed by atoms with Crippen LogP contribution in [0.15, 0.2) is 29.2 Å². The van der Waals surface area contributed by atoms with Gasteiger partial charge in [0.25, 0.3) is 0 Å². The Morgan fingerprint density at radius 3 is 2.46 bits per heavy atom. The Kier molecular flexibility index (Phi) is 7.54. The number of carbonyl (C=O) groups excluding carboxylic acids is 2. The molecule has 156 valence electrons. The molecule has 1 aliphatic heterocycles. The fourth-order valence-corrected chi connectivity index (χ4v) is 4.52. The molecule has 1 aromatic carbocycles. The molecule has 3 atom stereocenters. The number of hydrogen-bond acceptors (Lipinski definition) is 4. The molecule has 1 fully saturated rings. The van der Waals surface area contributed by atoms with Gasteiger partial charge in [0.2, 0.25) is 21.8 Å². The molecule has 28 heavy (non-hydrogen) atoms. The van der Waals surface area contributed by atoms with Crippen molar-refractivity contribution in [2.75, 3.05) is 13.1 Å². The van der Waals surface area contributed by atoms with E-state index in [1.165, 1.54) is 16.4 Å². The van der Waals surface area contributed by atoms with Gasteiger partial charge in [0.15, 0.2) is 0 Å². The van der Waals surface area contributed by atoms with E-state index in [0.717, 1.165) is 18.6 Å². The highest BCUT2D eigenvalue weighted by molar-refractivity contribution is 7.89. The SMILES string of the molecule is CCC(C)NC(=O)C(C)NC(=O)C1CCCN(S(=O)(=O)c2ccc(F)cc2)C1. The molecule has 0 spiro atoms.